The zero-order valence-corrected chi connectivity index (χ0v) is 12.8. The second kappa shape index (κ2) is 6.17. The first kappa shape index (κ1) is 16.0. The molecule has 0 aliphatic carbocycles. The van der Waals surface area contributed by atoms with Gasteiger partial charge in [-0.2, -0.15) is 8.42 Å². The van der Waals surface area contributed by atoms with E-state index in [1.165, 1.54) is 14.2 Å². The molecule has 0 fully saturated rings. The van der Waals surface area contributed by atoms with Gasteiger partial charge >= 0.3 is 0 Å². The zero-order valence-electron chi connectivity index (χ0n) is 11.9. The van der Waals surface area contributed by atoms with E-state index >= 15 is 0 Å². The van der Waals surface area contributed by atoms with E-state index in [4.69, 9.17) is 9.47 Å². The van der Waals surface area contributed by atoms with Gasteiger partial charge < -0.3 is 9.47 Å². The van der Waals surface area contributed by atoms with Gasteiger partial charge in [0.25, 0.3) is 10.1 Å². The van der Waals surface area contributed by atoms with Crippen molar-refractivity contribution in [2.45, 2.75) is 4.90 Å². The first-order valence-electron chi connectivity index (χ1n) is 6.21. The molecule has 2 rings (SSSR count). The summed E-state index contributed by atoms with van der Waals surface area (Å²) in [7, 11) is -1.84. The topological polar surface area (TPSA) is 89.9 Å². The molecule has 2 aromatic carbocycles. The van der Waals surface area contributed by atoms with E-state index in [9.17, 15) is 17.8 Å². The van der Waals surface area contributed by atoms with E-state index in [0.717, 1.165) is 12.1 Å². The fourth-order valence-corrected chi connectivity index (χ4v) is 2.52. The lowest BCUT2D eigenvalue weighted by molar-refractivity contribution is 0.103. The van der Waals surface area contributed by atoms with Crippen molar-refractivity contribution in [2.24, 2.45) is 0 Å². The Morgan fingerprint density at radius 1 is 1.05 bits per heavy atom. The maximum atomic E-state index is 12.6. The summed E-state index contributed by atoms with van der Waals surface area (Å²) >= 11 is 0. The van der Waals surface area contributed by atoms with Crippen molar-refractivity contribution in [3.05, 3.63) is 53.6 Å². The number of methoxy groups -OCH3 is 2. The van der Waals surface area contributed by atoms with Crippen molar-refractivity contribution in [3.8, 4) is 11.5 Å². The minimum Gasteiger partial charge on any atom is -0.493 e. The monoisotopic (exact) mass is 322 g/mol. The van der Waals surface area contributed by atoms with Crippen molar-refractivity contribution in [3.63, 3.8) is 0 Å². The van der Waals surface area contributed by atoms with Gasteiger partial charge in [-0.15, -0.1) is 0 Å². The Bertz CT molecular complexity index is 796. The van der Waals surface area contributed by atoms with E-state index in [1.807, 2.05) is 0 Å². The second-order valence-electron chi connectivity index (χ2n) is 4.38. The predicted molar refractivity (Wildman–Crippen MR) is 79.2 cm³/mol. The summed E-state index contributed by atoms with van der Waals surface area (Å²) in [6.45, 7) is 0. The molecule has 22 heavy (non-hydrogen) atoms. The molecule has 0 amide bonds. The van der Waals surface area contributed by atoms with E-state index in [1.54, 1.807) is 30.3 Å². The number of ketones is 1. The number of carbonyl (C=O) groups excluding carboxylic acids is 1. The van der Waals surface area contributed by atoms with Crippen LogP contribution in [0.2, 0.25) is 0 Å². The van der Waals surface area contributed by atoms with Crippen LogP contribution in [-0.2, 0) is 10.1 Å². The molecule has 0 aliphatic heterocycles. The molecule has 0 unspecified atom stereocenters. The molecule has 0 atom stereocenters. The first-order chi connectivity index (χ1) is 10.4. The van der Waals surface area contributed by atoms with Crippen LogP contribution in [0.4, 0.5) is 0 Å². The Balaban J connectivity index is 2.70. The van der Waals surface area contributed by atoms with Crippen LogP contribution in [0.5, 0.6) is 11.5 Å². The average Bonchev–Trinajstić information content (AvgIpc) is 2.52. The van der Waals surface area contributed by atoms with Gasteiger partial charge in [0.1, 0.15) is 0 Å². The summed E-state index contributed by atoms with van der Waals surface area (Å²) in [5, 5.41) is 0. The molecule has 0 heterocycles. The van der Waals surface area contributed by atoms with Crippen LogP contribution >= 0.6 is 0 Å². The smallest absolute Gasteiger partial charge is 0.294 e. The lowest BCUT2D eigenvalue weighted by Gasteiger charge is -2.13. The molecule has 0 saturated carbocycles. The molecule has 116 valence electrons. The molecule has 2 aromatic rings. The number of hydrogen-bond donors (Lipinski definition) is 1. The highest BCUT2D eigenvalue weighted by molar-refractivity contribution is 7.85. The van der Waals surface area contributed by atoms with Crippen molar-refractivity contribution in [1.29, 1.82) is 0 Å². The van der Waals surface area contributed by atoms with Gasteiger partial charge in [-0.05, 0) is 6.07 Å². The molecule has 7 heteroatoms. The summed E-state index contributed by atoms with van der Waals surface area (Å²) in [5.74, 6) is -0.304. The van der Waals surface area contributed by atoms with Crippen LogP contribution in [0.3, 0.4) is 0 Å². The average molecular weight is 322 g/mol. The predicted octanol–water partition coefficient (Wildman–Crippen LogP) is 2.18. The third-order valence-electron chi connectivity index (χ3n) is 3.03. The number of benzene rings is 2. The van der Waals surface area contributed by atoms with Crippen molar-refractivity contribution in [1.82, 2.24) is 0 Å². The minimum atomic E-state index is -4.49. The van der Waals surface area contributed by atoms with Gasteiger partial charge in [0.2, 0.25) is 0 Å². The molecule has 0 aromatic heterocycles. The van der Waals surface area contributed by atoms with Crippen LogP contribution in [0.25, 0.3) is 0 Å². The van der Waals surface area contributed by atoms with Crippen LogP contribution in [0.15, 0.2) is 47.4 Å². The van der Waals surface area contributed by atoms with Crippen LogP contribution in [-0.4, -0.2) is 33.0 Å². The van der Waals surface area contributed by atoms with E-state index < -0.39 is 20.8 Å². The maximum Gasteiger partial charge on any atom is 0.294 e. The number of ether oxygens (including phenoxy) is 2. The van der Waals surface area contributed by atoms with Crippen molar-refractivity contribution >= 4 is 15.9 Å². The van der Waals surface area contributed by atoms with Crippen molar-refractivity contribution in [2.75, 3.05) is 14.2 Å². The Kier molecular flexibility index (Phi) is 4.48. The van der Waals surface area contributed by atoms with Crippen LogP contribution < -0.4 is 9.47 Å². The highest BCUT2D eigenvalue weighted by Gasteiger charge is 2.23. The van der Waals surface area contributed by atoms with Gasteiger partial charge in [0.15, 0.2) is 17.3 Å². The Hall–Kier alpha value is -2.38. The quantitative estimate of drug-likeness (QED) is 0.670. The summed E-state index contributed by atoms with van der Waals surface area (Å²) in [6, 6.07) is 10.5. The van der Waals surface area contributed by atoms with Crippen LogP contribution in [0, 0.1) is 0 Å². The van der Waals surface area contributed by atoms with Gasteiger partial charge in [0.05, 0.1) is 24.7 Å². The molecule has 0 bridgehead atoms. The molecule has 0 aliphatic rings. The molecule has 1 N–H and O–H groups in total. The standard InChI is InChI=1S/C15H14O6S/c1-20-13-9-11(22(17,18)19)8-12(15(13)21-2)14(16)10-6-4-3-5-7-10/h3-9H,1-2H3,(H,17,18,19). The van der Waals surface area contributed by atoms with E-state index in [0.29, 0.717) is 5.56 Å². The van der Waals surface area contributed by atoms with Crippen LogP contribution in [0.1, 0.15) is 15.9 Å². The first-order valence-corrected chi connectivity index (χ1v) is 7.65. The number of hydrogen-bond acceptors (Lipinski definition) is 5. The lowest BCUT2D eigenvalue weighted by atomic mass is 10.0. The SMILES string of the molecule is COc1cc(S(=O)(=O)O)cc(C(=O)c2ccccc2)c1OC. The lowest BCUT2D eigenvalue weighted by Crippen LogP contribution is -2.08. The summed E-state index contributed by atoms with van der Waals surface area (Å²) < 4.78 is 42.1. The Morgan fingerprint density at radius 2 is 1.68 bits per heavy atom. The molecule has 0 saturated heterocycles. The molecular formula is C15H14O6S. The number of carbonyl (C=O) groups is 1. The fraction of sp³-hybridized carbons (Fsp3) is 0.133. The van der Waals surface area contributed by atoms with Gasteiger partial charge in [-0.25, -0.2) is 0 Å². The number of rotatable bonds is 5. The summed E-state index contributed by atoms with van der Waals surface area (Å²) in [4.78, 5) is 12.1. The summed E-state index contributed by atoms with van der Waals surface area (Å²) in [6.07, 6.45) is 0. The Morgan fingerprint density at radius 3 is 2.18 bits per heavy atom. The maximum absolute atomic E-state index is 12.6. The second-order valence-corrected chi connectivity index (χ2v) is 5.80. The highest BCUT2D eigenvalue weighted by Crippen LogP contribution is 2.35. The van der Waals surface area contributed by atoms with Gasteiger partial charge in [-0.1, -0.05) is 30.3 Å². The molecular weight excluding hydrogens is 308 g/mol. The third kappa shape index (κ3) is 3.10. The van der Waals surface area contributed by atoms with Gasteiger partial charge in [0, 0.05) is 11.6 Å². The fourth-order valence-electron chi connectivity index (χ4n) is 2.00. The van der Waals surface area contributed by atoms with E-state index in [-0.39, 0.29) is 17.1 Å². The zero-order chi connectivity index (χ0) is 16.3. The normalized spacial score (nSPS) is 11.0. The molecule has 6 nitrogen and oxygen atoms in total. The minimum absolute atomic E-state index is 0.0133. The molecule has 0 spiro atoms. The van der Waals surface area contributed by atoms with E-state index in [2.05, 4.69) is 0 Å². The highest BCUT2D eigenvalue weighted by atomic mass is 32.2. The molecule has 0 radical (unpaired) electrons. The third-order valence-corrected chi connectivity index (χ3v) is 3.86. The van der Waals surface area contributed by atoms with Gasteiger partial charge in [-0.3, -0.25) is 9.35 Å². The summed E-state index contributed by atoms with van der Waals surface area (Å²) in [5.41, 5.74) is 0.344. The Labute approximate surface area is 128 Å². The van der Waals surface area contributed by atoms with Crippen molar-refractivity contribution < 1.29 is 27.2 Å². The largest absolute Gasteiger partial charge is 0.493 e.